The Morgan fingerprint density at radius 3 is 2.14 bits per heavy atom. The molecular formula is C10H22N2O2. The third kappa shape index (κ3) is 5.19. The van der Waals surface area contributed by atoms with Gasteiger partial charge in [-0.3, -0.25) is 4.79 Å². The standard InChI is InChI=1S/C10H22N2O2/c1-3-5-8(6-4-2)12-9(7-13)10(11)14/h8-9,12-13H,3-7H2,1-2H3,(H2,11,14). The molecule has 0 aliphatic heterocycles. The average Bonchev–Trinajstić information content (AvgIpc) is 2.14. The number of carbonyl (C=O) groups is 1. The molecule has 1 unspecified atom stereocenters. The summed E-state index contributed by atoms with van der Waals surface area (Å²) in [4.78, 5) is 10.9. The topological polar surface area (TPSA) is 75.3 Å². The lowest BCUT2D eigenvalue weighted by molar-refractivity contribution is -0.121. The van der Waals surface area contributed by atoms with Crippen molar-refractivity contribution in [3.63, 3.8) is 0 Å². The predicted octanol–water partition coefficient (Wildman–Crippen LogP) is 0.391. The molecule has 84 valence electrons. The van der Waals surface area contributed by atoms with Gasteiger partial charge in [-0.2, -0.15) is 0 Å². The molecule has 0 spiro atoms. The van der Waals surface area contributed by atoms with Crippen LogP contribution < -0.4 is 11.1 Å². The fourth-order valence-electron chi connectivity index (χ4n) is 1.52. The number of hydrogen-bond acceptors (Lipinski definition) is 3. The number of carbonyl (C=O) groups excluding carboxylic acids is 1. The number of nitrogens with one attached hydrogen (secondary N) is 1. The van der Waals surface area contributed by atoms with E-state index in [1.165, 1.54) is 0 Å². The van der Waals surface area contributed by atoms with Gasteiger partial charge in [0, 0.05) is 6.04 Å². The minimum absolute atomic E-state index is 0.223. The average molecular weight is 202 g/mol. The molecule has 1 amide bonds. The summed E-state index contributed by atoms with van der Waals surface area (Å²) >= 11 is 0. The number of aliphatic hydroxyl groups excluding tert-OH is 1. The van der Waals surface area contributed by atoms with Gasteiger partial charge < -0.3 is 16.2 Å². The summed E-state index contributed by atoms with van der Waals surface area (Å²) in [7, 11) is 0. The molecule has 0 bridgehead atoms. The van der Waals surface area contributed by atoms with Gasteiger partial charge in [0.25, 0.3) is 0 Å². The fourth-order valence-corrected chi connectivity index (χ4v) is 1.52. The second-order valence-electron chi connectivity index (χ2n) is 3.58. The van der Waals surface area contributed by atoms with E-state index in [0.717, 1.165) is 25.7 Å². The van der Waals surface area contributed by atoms with Crippen LogP contribution in [0.1, 0.15) is 39.5 Å². The van der Waals surface area contributed by atoms with E-state index in [9.17, 15) is 4.79 Å². The van der Waals surface area contributed by atoms with Crippen molar-refractivity contribution in [2.45, 2.75) is 51.6 Å². The molecule has 0 saturated carbocycles. The molecule has 0 fully saturated rings. The maximum Gasteiger partial charge on any atom is 0.236 e. The first-order valence-corrected chi connectivity index (χ1v) is 5.31. The molecule has 0 aromatic carbocycles. The minimum atomic E-state index is -0.599. The second kappa shape index (κ2) is 7.76. The van der Waals surface area contributed by atoms with E-state index in [4.69, 9.17) is 10.8 Å². The van der Waals surface area contributed by atoms with E-state index >= 15 is 0 Å². The first-order chi connectivity index (χ1) is 6.65. The van der Waals surface area contributed by atoms with Crippen LogP contribution in [0.3, 0.4) is 0 Å². The largest absolute Gasteiger partial charge is 0.394 e. The fraction of sp³-hybridized carbons (Fsp3) is 0.900. The Labute approximate surface area is 85.9 Å². The molecule has 0 saturated heterocycles. The van der Waals surface area contributed by atoms with Crippen LogP contribution in [0.25, 0.3) is 0 Å². The summed E-state index contributed by atoms with van der Waals surface area (Å²) in [6, 6.07) is -0.312. The van der Waals surface area contributed by atoms with E-state index in [-0.39, 0.29) is 12.6 Å². The summed E-state index contributed by atoms with van der Waals surface area (Å²) in [5.41, 5.74) is 5.13. The van der Waals surface area contributed by atoms with Crippen LogP contribution in [-0.4, -0.2) is 29.7 Å². The van der Waals surface area contributed by atoms with Crippen LogP contribution in [-0.2, 0) is 4.79 Å². The number of aliphatic hydroxyl groups is 1. The van der Waals surface area contributed by atoms with Crippen molar-refractivity contribution in [2.24, 2.45) is 5.73 Å². The molecule has 0 rings (SSSR count). The number of hydrogen-bond donors (Lipinski definition) is 3. The first kappa shape index (κ1) is 13.4. The Morgan fingerprint density at radius 1 is 1.36 bits per heavy atom. The summed E-state index contributed by atoms with van der Waals surface area (Å²) < 4.78 is 0. The van der Waals surface area contributed by atoms with E-state index in [1.54, 1.807) is 0 Å². The lowest BCUT2D eigenvalue weighted by atomic mass is 10.1. The van der Waals surface area contributed by atoms with E-state index in [0.29, 0.717) is 0 Å². The maximum absolute atomic E-state index is 10.9. The van der Waals surface area contributed by atoms with Crippen molar-refractivity contribution in [3.8, 4) is 0 Å². The van der Waals surface area contributed by atoms with Crippen LogP contribution in [0.2, 0.25) is 0 Å². The van der Waals surface area contributed by atoms with E-state index < -0.39 is 11.9 Å². The molecule has 4 heteroatoms. The van der Waals surface area contributed by atoms with Gasteiger partial charge in [-0.15, -0.1) is 0 Å². The Morgan fingerprint density at radius 2 is 1.86 bits per heavy atom. The monoisotopic (exact) mass is 202 g/mol. The predicted molar refractivity (Wildman–Crippen MR) is 56.8 cm³/mol. The third-order valence-electron chi connectivity index (χ3n) is 2.24. The molecule has 0 aromatic rings. The van der Waals surface area contributed by atoms with Crippen molar-refractivity contribution >= 4 is 5.91 Å². The Hall–Kier alpha value is -0.610. The highest BCUT2D eigenvalue weighted by atomic mass is 16.3. The lowest BCUT2D eigenvalue weighted by Gasteiger charge is -2.21. The Balaban J connectivity index is 4.03. The molecule has 4 N–H and O–H groups in total. The molecule has 14 heavy (non-hydrogen) atoms. The zero-order valence-corrected chi connectivity index (χ0v) is 9.12. The molecular weight excluding hydrogens is 180 g/mol. The van der Waals surface area contributed by atoms with Crippen molar-refractivity contribution < 1.29 is 9.90 Å². The lowest BCUT2D eigenvalue weighted by Crippen LogP contribution is -2.48. The summed E-state index contributed by atoms with van der Waals surface area (Å²) in [5, 5.41) is 12.0. The van der Waals surface area contributed by atoms with Crippen LogP contribution >= 0.6 is 0 Å². The van der Waals surface area contributed by atoms with Crippen molar-refractivity contribution in [1.82, 2.24) is 5.32 Å². The SMILES string of the molecule is CCCC(CCC)NC(CO)C(N)=O. The van der Waals surface area contributed by atoms with Crippen molar-refractivity contribution in [3.05, 3.63) is 0 Å². The van der Waals surface area contributed by atoms with Gasteiger partial charge in [-0.05, 0) is 12.8 Å². The molecule has 0 aromatic heterocycles. The Bertz CT molecular complexity index is 156. The van der Waals surface area contributed by atoms with Gasteiger partial charge in [0.2, 0.25) is 5.91 Å². The smallest absolute Gasteiger partial charge is 0.236 e. The van der Waals surface area contributed by atoms with Gasteiger partial charge in [0.05, 0.1) is 6.61 Å². The highest BCUT2D eigenvalue weighted by molar-refractivity contribution is 5.79. The minimum Gasteiger partial charge on any atom is -0.394 e. The van der Waals surface area contributed by atoms with Crippen LogP contribution in [0, 0.1) is 0 Å². The van der Waals surface area contributed by atoms with Gasteiger partial charge >= 0.3 is 0 Å². The molecule has 1 atom stereocenters. The first-order valence-electron chi connectivity index (χ1n) is 5.31. The van der Waals surface area contributed by atoms with E-state index in [1.807, 2.05) is 0 Å². The zero-order chi connectivity index (χ0) is 11.0. The number of nitrogens with two attached hydrogens (primary N) is 1. The Kier molecular flexibility index (Phi) is 7.42. The van der Waals surface area contributed by atoms with Crippen LogP contribution in [0.5, 0.6) is 0 Å². The summed E-state index contributed by atoms with van der Waals surface area (Å²) in [6.07, 6.45) is 4.15. The molecule has 0 heterocycles. The third-order valence-corrected chi connectivity index (χ3v) is 2.24. The number of rotatable bonds is 8. The number of amides is 1. The molecule has 4 nitrogen and oxygen atoms in total. The highest BCUT2D eigenvalue weighted by Crippen LogP contribution is 2.05. The van der Waals surface area contributed by atoms with Crippen LogP contribution in [0.15, 0.2) is 0 Å². The van der Waals surface area contributed by atoms with Gasteiger partial charge in [0.15, 0.2) is 0 Å². The van der Waals surface area contributed by atoms with Gasteiger partial charge in [-0.25, -0.2) is 0 Å². The quantitative estimate of drug-likeness (QED) is 0.533. The van der Waals surface area contributed by atoms with Gasteiger partial charge in [0.1, 0.15) is 6.04 Å². The summed E-state index contributed by atoms with van der Waals surface area (Å²) in [6.45, 7) is 3.98. The van der Waals surface area contributed by atoms with Crippen LogP contribution in [0.4, 0.5) is 0 Å². The molecule has 0 aliphatic carbocycles. The van der Waals surface area contributed by atoms with E-state index in [2.05, 4.69) is 19.2 Å². The number of primary amides is 1. The zero-order valence-electron chi connectivity index (χ0n) is 9.12. The van der Waals surface area contributed by atoms with Crippen molar-refractivity contribution in [2.75, 3.05) is 6.61 Å². The normalized spacial score (nSPS) is 13.1. The van der Waals surface area contributed by atoms with Crippen molar-refractivity contribution in [1.29, 1.82) is 0 Å². The summed E-state index contributed by atoms with van der Waals surface area (Å²) in [5.74, 6) is -0.482. The molecule has 0 radical (unpaired) electrons. The molecule has 0 aliphatic rings. The highest BCUT2D eigenvalue weighted by Gasteiger charge is 2.17. The maximum atomic E-state index is 10.9. The second-order valence-corrected chi connectivity index (χ2v) is 3.58. The van der Waals surface area contributed by atoms with Gasteiger partial charge in [-0.1, -0.05) is 26.7 Å².